The molecule has 4 nitrogen and oxygen atoms in total. The Balaban J connectivity index is 1.78. The molecule has 2 aromatic carbocycles. The zero-order chi connectivity index (χ0) is 15.6. The van der Waals surface area contributed by atoms with Crippen molar-refractivity contribution in [3.8, 4) is 11.1 Å². The Morgan fingerprint density at radius 3 is 2.09 bits per heavy atom. The van der Waals surface area contributed by atoms with E-state index in [2.05, 4.69) is 0 Å². The van der Waals surface area contributed by atoms with Crippen LogP contribution in [0.15, 0.2) is 48.5 Å². The fourth-order valence-electron chi connectivity index (χ4n) is 2.45. The van der Waals surface area contributed by atoms with E-state index in [1.807, 2.05) is 36.4 Å². The molecule has 1 heterocycles. The van der Waals surface area contributed by atoms with Crippen molar-refractivity contribution in [3.05, 3.63) is 59.7 Å². The van der Waals surface area contributed by atoms with E-state index in [0.717, 1.165) is 16.7 Å². The molecule has 0 amide bonds. The van der Waals surface area contributed by atoms with Crippen LogP contribution in [0.5, 0.6) is 0 Å². The molecular formula is C18H18O4. The van der Waals surface area contributed by atoms with E-state index in [-0.39, 0.29) is 5.97 Å². The van der Waals surface area contributed by atoms with Crippen molar-refractivity contribution in [1.82, 2.24) is 0 Å². The van der Waals surface area contributed by atoms with Crippen LogP contribution >= 0.6 is 0 Å². The summed E-state index contributed by atoms with van der Waals surface area (Å²) < 4.78 is 10.0. The number of benzene rings is 2. The van der Waals surface area contributed by atoms with E-state index in [1.54, 1.807) is 19.1 Å². The van der Waals surface area contributed by atoms with E-state index in [1.165, 1.54) is 0 Å². The molecular weight excluding hydrogens is 280 g/mol. The van der Waals surface area contributed by atoms with Crippen LogP contribution in [0.1, 0.15) is 22.8 Å². The summed E-state index contributed by atoms with van der Waals surface area (Å²) in [5.74, 6) is -0.309. The molecule has 0 bridgehead atoms. The molecule has 0 saturated carbocycles. The van der Waals surface area contributed by atoms with Gasteiger partial charge in [0.25, 0.3) is 0 Å². The Morgan fingerprint density at radius 1 is 1.09 bits per heavy atom. The number of aliphatic hydroxyl groups is 1. The van der Waals surface area contributed by atoms with E-state index in [0.29, 0.717) is 25.4 Å². The largest absolute Gasteiger partial charge is 0.462 e. The lowest BCUT2D eigenvalue weighted by Gasteiger charge is -2.36. The van der Waals surface area contributed by atoms with E-state index in [4.69, 9.17) is 9.47 Å². The lowest BCUT2D eigenvalue weighted by Crippen LogP contribution is -2.46. The van der Waals surface area contributed by atoms with Crippen molar-refractivity contribution in [2.45, 2.75) is 12.5 Å². The molecule has 2 aromatic rings. The van der Waals surface area contributed by atoms with Gasteiger partial charge in [-0.05, 0) is 35.7 Å². The van der Waals surface area contributed by atoms with E-state index >= 15 is 0 Å². The minimum atomic E-state index is -0.841. The quantitative estimate of drug-likeness (QED) is 0.882. The summed E-state index contributed by atoms with van der Waals surface area (Å²) in [6.07, 6.45) is 0. The maximum atomic E-state index is 11.6. The minimum Gasteiger partial charge on any atom is -0.462 e. The lowest BCUT2D eigenvalue weighted by molar-refractivity contribution is -0.184. The van der Waals surface area contributed by atoms with Crippen molar-refractivity contribution >= 4 is 5.97 Å². The Hall–Kier alpha value is -2.17. The third-order valence-corrected chi connectivity index (χ3v) is 3.83. The van der Waals surface area contributed by atoms with Crippen LogP contribution in [0, 0.1) is 0 Å². The molecule has 1 fully saturated rings. The number of rotatable bonds is 4. The van der Waals surface area contributed by atoms with Gasteiger partial charge in [0, 0.05) is 0 Å². The molecule has 22 heavy (non-hydrogen) atoms. The van der Waals surface area contributed by atoms with Crippen molar-refractivity contribution < 1.29 is 19.4 Å². The molecule has 1 aliphatic heterocycles. The van der Waals surface area contributed by atoms with Gasteiger partial charge in [-0.15, -0.1) is 0 Å². The second-order valence-corrected chi connectivity index (χ2v) is 5.40. The van der Waals surface area contributed by atoms with E-state index in [9.17, 15) is 9.90 Å². The summed E-state index contributed by atoms with van der Waals surface area (Å²) in [5.41, 5.74) is 2.61. The molecule has 3 rings (SSSR count). The summed E-state index contributed by atoms with van der Waals surface area (Å²) in [6.45, 7) is 2.85. The Kier molecular flexibility index (Phi) is 3.96. The highest BCUT2D eigenvalue weighted by Crippen LogP contribution is 2.31. The van der Waals surface area contributed by atoms with Crippen LogP contribution in [0.25, 0.3) is 11.1 Å². The first-order valence-corrected chi connectivity index (χ1v) is 7.30. The summed E-state index contributed by atoms with van der Waals surface area (Å²) in [7, 11) is 0. The topological polar surface area (TPSA) is 55.8 Å². The normalized spacial score (nSPS) is 15.9. The Morgan fingerprint density at radius 2 is 1.64 bits per heavy atom. The third-order valence-electron chi connectivity index (χ3n) is 3.83. The second-order valence-electron chi connectivity index (χ2n) is 5.40. The summed E-state index contributed by atoms with van der Waals surface area (Å²) in [6, 6.07) is 15.1. The van der Waals surface area contributed by atoms with Crippen LogP contribution in [0.2, 0.25) is 0 Å². The molecule has 1 saturated heterocycles. The molecule has 114 valence electrons. The van der Waals surface area contributed by atoms with Crippen molar-refractivity contribution in [1.29, 1.82) is 0 Å². The van der Waals surface area contributed by atoms with Crippen LogP contribution in [0.3, 0.4) is 0 Å². The van der Waals surface area contributed by atoms with Gasteiger partial charge in [0.1, 0.15) is 5.60 Å². The zero-order valence-electron chi connectivity index (χ0n) is 12.4. The van der Waals surface area contributed by atoms with Crippen LogP contribution in [-0.2, 0) is 15.1 Å². The Labute approximate surface area is 129 Å². The van der Waals surface area contributed by atoms with Crippen molar-refractivity contribution in [2.75, 3.05) is 19.8 Å². The minimum absolute atomic E-state index is 0.309. The first-order chi connectivity index (χ1) is 10.6. The van der Waals surface area contributed by atoms with Gasteiger partial charge in [-0.3, -0.25) is 0 Å². The number of hydrogen-bond acceptors (Lipinski definition) is 4. The maximum Gasteiger partial charge on any atom is 0.338 e. The van der Waals surface area contributed by atoms with Gasteiger partial charge in [0.15, 0.2) is 0 Å². The monoisotopic (exact) mass is 298 g/mol. The average Bonchev–Trinajstić information content (AvgIpc) is 2.53. The second kappa shape index (κ2) is 5.91. The molecule has 0 unspecified atom stereocenters. The van der Waals surface area contributed by atoms with Gasteiger partial charge in [-0.1, -0.05) is 36.4 Å². The number of carbonyl (C=O) groups is 1. The first kappa shape index (κ1) is 14.8. The molecule has 4 heteroatoms. The van der Waals surface area contributed by atoms with Gasteiger partial charge in [-0.25, -0.2) is 4.79 Å². The van der Waals surface area contributed by atoms with E-state index < -0.39 is 5.60 Å². The maximum absolute atomic E-state index is 11.6. The first-order valence-electron chi connectivity index (χ1n) is 7.30. The molecule has 0 radical (unpaired) electrons. The van der Waals surface area contributed by atoms with Crippen LogP contribution in [-0.4, -0.2) is 30.9 Å². The van der Waals surface area contributed by atoms with Crippen LogP contribution < -0.4 is 0 Å². The van der Waals surface area contributed by atoms with Crippen molar-refractivity contribution in [3.63, 3.8) is 0 Å². The highest BCUT2D eigenvalue weighted by molar-refractivity contribution is 5.90. The lowest BCUT2D eigenvalue weighted by atomic mass is 9.90. The smallest absolute Gasteiger partial charge is 0.338 e. The molecule has 0 aromatic heterocycles. The molecule has 0 atom stereocenters. The third kappa shape index (κ3) is 2.75. The molecule has 1 N–H and O–H groups in total. The van der Waals surface area contributed by atoms with Gasteiger partial charge in [-0.2, -0.15) is 0 Å². The number of esters is 1. The fraction of sp³-hybridized carbons (Fsp3) is 0.278. The van der Waals surface area contributed by atoms with Crippen molar-refractivity contribution in [2.24, 2.45) is 0 Å². The number of hydrogen-bond donors (Lipinski definition) is 1. The highest BCUT2D eigenvalue weighted by atomic mass is 16.5. The molecule has 0 aliphatic carbocycles. The summed E-state index contributed by atoms with van der Waals surface area (Å²) in [4.78, 5) is 11.6. The van der Waals surface area contributed by atoms with Gasteiger partial charge < -0.3 is 14.6 Å². The highest BCUT2D eigenvalue weighted by Gasteiger charge is 2.37. The molecule has 0 spiro atoms. The summed E-state index contributed by atoms with van der Waals surface area (Å²) in [5, 5.41) is 10.2. The average molecular weight is 298 g/mol. The summed E-state index contributed by atoms with van der Waals surface area (Å²) >= 11 is 0. The number of carbonyl (C=O) groups excluding carboxylic acids is 1. The predicted molar refractivity (Wildman–Crippen MR) is 82.6 cm³/mol. The zero-order valence-corrected chi connectivity index (χ0v) is 12.4. The van der Waals surface area contributed by atoms with Crippen LogP contribution in [0.4, 0.5) is 0 Å². The Bertz CT molecular complexity index is 654. The molecule has 1 aliphatic rings. The van der Waals surface area contributed by atoms with Gasteiger partial charge in [0.2, 0.25) is 0 Å². The predicted octanol–water partition coefficient (Wildman–Crippen LogP) is 2.75. The van der Waals surface area contributed by atoms with Gasteiger partial charge >= 0.3 is 5.97 Å². The SMILES string of the molecule is CCOC(=O)c1ccc(-c2ccc(C3(O)COC3)cc2)cc1. The standard InChI is InChI=1S/C18H18O4/c1-2-22-17(19)15-5-3-13(4-6-15)14-7-9-16(10-8-14)18(20)11-21-12-18/h3-10,20H,2,11-12H2,1H3. The fourth-order valence-corrected chi connectivity index (χ4v) is 2.45. The number of ether oxygens (including phenoxy) is 2. The van der Waals surface area contributed by atoms with Gasteiger partial charge in [0.05, 0.1) is 25.4 Å².